The van der Waals surface area contributed by atoms with Crippen molar-refractivity contribution in [3.8, 4) is 5.75 Å². The normalized spacial score (nSPS) is 9.92. The van der Waals surface area contributed by atoms with Gasteiger partial charge in [-0.1, -0.05) is 0 Å². The van der Waals surface area contributed by atoms with Crippen LogP contribution < -0.4 is 9.20 Å². The molecule has 1 rings (SSSR count). The van der Waals surface area contributed by atoms with Crippen LogP contribution in [0.4, 0.5) is 0 Å². The van der Waals surface area contributed by atoms with E-state index in [2.05, 4.69) is 5.82 Å². The second-order valence-electron chi connectivity index (χ2n) is 2.34. The molecule has 0 aliphatic heterocycles. The van der Waals surface area contributed by atoms with E-state index in [0.29, 0.717) is 15.0 Å². The number of ether oxygens (including phenoxy) is 1. The van der Waals surface area contributed by atoms with Gasteiger partial charge in [-0.25, -0.2) is 0 Å². The summed E-state index contributed by atoms with van der Waals surface area (Å²) in [6, 6.07) is 5.84. The van der Waals surface area contributed by atoms with Crippen molar-refractivity contribution < 1.29 is 9.84 Å². The minimum atomic E-state index is 0.0993. The van der Waals surface area contributed by atoms with E-state index in [1.54, 1.807) is 7.11 Å². The van der Waals surface area contributed by atoms with E-state index < -0.39 is 0 Å². The van der Waals surface area contributed by atoms with Gasteiger partial charge in [0.15, 0.2) is 0 Å². The molecule has 0 heterocycles. The Labute approximate surface area is 78.7 Å². The predicted molar refractivity (Wildman–Crippen MR) is 50.2 cm³/mol. The van der Waals surface area contributed by atoms with Gasteiger partial charge in [0.05, 0.1) is 0 Å². The molecule has 1 aromatic carbocycles. The Morgan fingerprint density at radius 1 is 1.50 bits per heavy atom. The van der Waals surface area contributed by atoms with Crippen molar-refractivity contribution in [2.75, 3.05) is 7.11 Å². The minimum absolute atomic E-state index is 0.0993. The molecule has 0 spiro atoms. The van der Waals surface area contributed by atoms with Gasteiger partial charge in [0.1, 0.15) is 0 Å². The Kier molecular flexibility index (Phi) is 3.60. The Bertz CT molecular complexity index is 261. The van der Waals surface area contributed by atoms with Crippen molar-refractivity contribution in [3.05, 3.63) is 23.8 Å². The van der Waals surface area contributed by atoms with Crippen LogP contribution in [-0.4, -0.2) is 27.2 Å². The molecule has 0 saturated heterocycles. The van der Waals surface area contributed by atoms with E-state index in [1.165, 1.54) is 4.46 Å². The summed E-state index contributed by atoms with van der Waals surface area (Å²) in [4.78, 5) is 0. The second-order valence-corrected chi connectivity index (χ2v) is 4.12. The maximum atomic E-state index is 9.02. The summed E-state index contributed by atoms with van der Waals surface area (Å²) < 4.78 is 6.29. The average Bonchev–Trinajstić information content (AvgIpc) is 2.16. The number of hydrogen-bond donors (Lipinski definition) is 1. The van der Waals surface area contributed by atoms with E-state index in [9.17, 15) is 0 Å². The standard InChI is InChI=1S/C9H12O2Se/c1-11-8-3-4-9(12-2)7(5-8)6-10/h3-5,10H,6H2,1-2H3. The molecule has 1 aromatic rings. The molecule has 2 nitrogen and oxygen atoms in total. The molecule has 12 heavy (non-hydrogen) atoms. The van der Waals surface area contributed by atoms with Crippen LogP contribution in [0.2, 0.25) is 5.82 Å². The molecule has 0 saturated carbocycles. The van der Waals surface area contributed by atoms with E-state index in [4.69, 9.17) is 9.84 Å². The Balaban J connectivity index is 3.02. The number of benzene rings is 1. The number of aliphatic hydroxyl groups excluding tert-OH is 1. The van der Waals surface area contributed by atoms with Gasteiger partial charge in [0.25, 0.3) is 0 Å². The van der Waals surface area contributed by atoms with Gasteiger partial charge in [-0.3, -0.25) is 0 Å². The van der Waals surface area contributed by atoms with Gasteiger partial charge in [-0.05, 0) is 0 Å². The molecular weight excluding hydrogens is 219 g/mol. The molecule has 66 valence electrons. The third-order valence-corrected chi connectivity index (χ3v) is 3.42. The number of methoxy groups -OCH3 is 1. The van der Waals surface area contributed by atoms with Gasteiger partial charge < -0.3 is 0 Å². The van der Waals surface area contributed by atoms with Gasteiger partial charge in [0, 0.05) is 0 Å². The first kappa shape index (κ1) is 9.59. The SMILES string of the molecule is COc1ccc([Se]C)c(CO)c1. The molecule has 0 unspecified atom stereocenters. The van der Waals surface area contributed by atoms with Gasteiger partial charge in [0.2, 0.25) is 0 Å². The predicted octanol–water partition coefficient (Wildman–Crippen LogP) is 0.565. The number of aliphatic hydroxyl groups is 1. The van der Waals surface area contributed by atoms with Crippen LogP contribution in [0.15, 0.2) is 18.2 Å². The zero-order valence-corrected chi connectivity index (χ0v) is 8.92. The molecule has 0 amide bonds. The first-order valence-corrected chi connectivity index (χ1v) is 6.20. The van der Waals surface area contributed by atoms with E-state index >= 15 is 0 Å². The second kappa shape index (κ2) is 4.51. The summed E-state index contributed by atoms with van der Waals surface area (Å²) >= 11 is 0.435. The van der Waals surface area contributed by atoms with Crippen molar-refractivity contribution in [2.45, 2.75) is 12.4 Å². The summed E-state index contributed by atoms with van der Waals surface area (Å²) in [7, 11) is 1.63. The van der Waals surface area contributed by atoms with E-state index in [1.807, 2.05) is 18.2 Å². The van der Waals surface area contributed by atoms with Crippen LogP contribution in [0, 0.1) is 0 Å². The summed E-state index contributed by atoms with van der Waals surface area (Å²) in [5.41, 5.74) is 0.983. The molecule has 0 aliphatic carbocycles. The first-order chi connectivity index (χ1) is 5.81. The fraction of sp³-hybridized carbons (Fsp3) is 0.333. The summed E-state index contributed by atoms with van der Waals surface area (Å²) in [5, 5.41) is 9.02. The van der Waals surface area contributed by atoms with Crippen molar-refractivity contribution in [3.63, 3.8) is 0 Å². The van der Waals surface area contributed by atoms with Crippen molar-refractivity contribution >= 4 is 19.4 Å². The fourth-order valence-corrected chi connectivity index (χ4v) is 2.24. The molecule has 3 heteroatoms. The molecule has 0 aromatic heterocycles. The van der Waals surface area contributed by atoms with E-state index in [0.717, 1.165) is 11.3 Å². The summed E-state index contributed by atoms with van der Waals surface area (Å²) in [6.07, 6.45) is 0. The van der Waals surface area contributed by atoms with Crippen LogP contribution in [0.1, 0.15) is 5.56 Å². The Morgan fingerprint density at radius 3 is 2.75 bits per heavy atom. The molecule has 0 bridgehead atoms. The van der Waals surface area contributed by atoms with Crippen LogP contribution in [-0.2, 0) is 6.61 Å². The van der Waals surface area contributed by atoms with Gasteiger partial charge in [-0.15, -0.1) is 0 Å². The first-order valence-electron chi connectivity index (χ1n) is 3.63. The third-order valence-electron chi connectivity index (χ3n) is 1.66. The number of rotatable bonds is 3. The van der Waals surface area contributed by atoms with Gasteiger partial charge in [-0.2, -0.15) is 0 Å². The summed E-state index contributed by atoms with van der Waals surface area (Å²) in [5.74, 6) is 2.94. The van der Waals surface area contributed by atoms with Crippen molar-refractivity contribution in [2.24, 2.45) is 0 Å². The molecule has 0 fully saturated rings. The topological polar surface area (TPSA) is 29.5 Å². The average molecular weight is 231 g/mol. The van der Waals surface area contributed by atoms with Crippen LogP contribution in [0.3, 0.4) is 0 Å². The van der Waals surface area contributed by atoms with Gasteiger partial charge >= 0.3 is 78.3 Å². The maximum absolute atomic E-state index is 9.02. The zero-order chi connectivity index (χ0) is 8.97. The zero-order valence-electron chi connectivity index (χ0n) is 7.20. The van der Waals surface area contributed by atoms with Crippen LogP contribution >= 0.6 is 0 Å². The van der Waals surface area contributed by atoms with Crippen LogP contribution in [0.5, 0.6) is 5.75 Å². The molecule has 1 N–H and O–H groups in total. The molecule has 0 aliphatic rings. The number of hydrogen-bond acceptors (Lipinski definition) is 2. The monoisotopic (exact) mass is 232 g/mol. The fourth-order valence-electron chi connectivity index (χ4n) is 1.01. The van der Waals surface area contributed by atoms with Crippen LogP contribution in [0.25, 0.3) is 0 Å². The molecule has 0 radical (unpaired) electrons. The van der Waals surface area contributed by atoms with E-state index in [-0.39, 0.29) is 6.61 Å². The third kappa shape index (κ3) is 2.01. The quantitative estimate of drug-likeness (QED) is 0.770. The Morgan fingerprint density at radius 2 is 2.25 bits per heavy atom. The molecular formula is C9H12O2Se. The van der Waals surface area contributed by atoms with Crippen molar-refractivity contribution in [1.82, 2.24) is 0 Å². The Hall–Kier alpha value is -0.501. The summed E-state index contributed by atoms with van der Waals surface area (Å²) in [6.45, 7) is 0.0993. The van der Waals surface area contributed by atoms with Crippen molar-refractivity contribution in [1.29, 1.82) is 0 Å². The molecule has 0 atom stereocenters.